The van der Waals surface area contributed by atoms with E-state index in [1.54, 1.807) is 6.92 Å². The number of piperidine rings is 1. The summed E-state index contributed by atoms with van der Waals surface area (Å²) in [4.78, 5) is 36.6. The van der Waals surface area contributed by atoms with Crippen molar-refractivity contribution in [3.8, 4) is 0 Å². The number of amides is 1. The van der Waals surface area contributed by atoms with Gasteiger partial charge in [0, 0.05) is 19.6 Å². The largest absolute Gasteiger partial charge is 0.480 e. The van der Waals surface area contributed by atoms with Gasteiger partial charge in [-0.2, -0.15) is 0 Å². The Morgan fingerprint density at radius 2 is 1.87 bits per heavy atom. The van der Waals surface area contributed by atoms with E-state index in [1.807, 2.05) is 0 Å². The number of carbonyl (C=O) groups is 3. The Morgan fingerprint density at radius 3 is 2.39 bits per heavy atom. The summed E-state index contributed by atoms with van der Waals surface area (Å²) < 4.78 is 5.01. The fourth-order valence-electron chi connectivity index (χ4n) is 2.70. The highest BCUT2D eigenvalue weighted by atomic mass is 16.5. The number of carbonyl (C=O) groups excluding carboxylic acids is 2. The van der Waals surface area contributed by atoms with Crippen molar-refractivity contribution in [3.63, 3.8) is 0 Å². The van der Waals surface area contributed by atoms with E-state index < -0.39 is 35.4 Å². The minimum Gasteiger partial charge on any atom is -0.480 e. The first kappa shape index (κ1) is 19.5. The summed E-state index contributed by atoms with van der Waals surface area (Å²) in [5.74, 6) is -7.57. The number of rotatable bonds is 7. The predicted octanol–water partition coefficient (Wildman–Crippen LogP) is -0.237. The van der Waals surface area contributed by atoms with Crippen molar-refractivity contribution in [1.82, 2.24) is 4.90 Å². The van der Waals surface area contributed by atoms with Crippen molar-refractivity contribution in [3.05, 3.63) is 0 Å². The van der Waals surface area contributed by atoms with E-state index in [4.69, 9.17) is 9.84 Å². The lowest BCUT2D eigenvalue weighted by Gasteiger charge is -2.35. The maximum Gasteiger partial charge on any atom is 0.326 e. The molecule has 1 heterocycles. The second kappa shape index (κ2) is 7.85. The van der Waals surface area contributed by atoms with Gasteiger partial charge in [-0.05, 0) is 32.6 Å². The van der Waals surface area contributed by atoms with Gasteiger partial charge in [-0.15, -0.1) is 0 Å². The van der Waals surface area contributed by atoms with Crippen LogP contribution in [0.25, 0.3) is 0 Å². The molecule has 132 valence electrons. The van der Waals surface area contributed by atoms with Crippen molar-refractivity contribution < 1.29 is 34.4 Å². The van der Waals surface area contributed by atoms with E-state index in [1.165, 1.54) is 14.0 Å². The quantitative estimate of drug-likeness (QED) is 0.434. The SMILES string of the molecule is COC(C)CC(C)C(O)(O)C(=O)C(=O)N1CCCC[C@H]1C(=O)O. The smallest absolute Gasteiger partial charge is 0.326 e. The Kier molecular flexibility index (Phi) is 6.67. The number of carboxylic acids is 1. The molecule has 0 aliphatic carbocycles. The number of nitrogens with zero attached hydrogens (tertiary/aromatic N) is 1. The van der Waals surface area contributed by atoms with Gasteiger partial charge >= 0.3 is 5.97 Å². The summed E-state index contributed by atoms with van der Waals surface area (Å²) in [6, 6.07) is -1.11. The fraction of sp³-hybridized carbons (Fsp3) is 0.800. The summed E-state index contributed by atoms with van der Waals surface area (Å²) in [6.45, 7) is 3.23. The summed E-state index contributed by atoms with van der Waals surface area (Å²) in [7, 11) is 1.45. The van der Waals surface area contributed by atoms with Crippen molar-refractivity contribution in [2.24, 2.45) is 5.92 Å². The number of ether oxygens (including phenoxy) is 1. The zero-order chi connectivity index (χ0) is 17.8. The van der Waals surface area contributed by atoms with Gasteiger partial charge in [0.25, 0.3) is 11.7 Å². The first-order valence-corrected chi connectivity index (χ1v) is 7.68. The van der Waals surface area contributed by atoms with Gasteiger partial charge in [0.15, 0.2) is 0 Å². The third kappa shape index (κ3) is 4.49. The molecule has 0 aromatic rings. The summed E-state index contributed by atoms with van der Waals surface area (Å²) in [6.07, 6.45) is 1.29. The average molecular weight is 331 g/mol. The number of Topliss-reactive ketones (excluding diaryl/α,β-unsaturated/α-hetero) is 1. The van der Waals surface area contributed by atoms with Crippen LogP contribution in [-0.2, 0) is 19.1 Å². The first-order chi connectivity index (χ1) is 10.6. The molecule has 1 aliphatic heterocycles. The van der Waals surface area contributed by atoms with Gasteiger partial charge in [0.05, 0.1) is 6.10 Å². The third-order valence-electron chi connectivity index (χ3n) is 4.35. The molecular weight excluding hydrogens is 306 g/mol. The number of ketones is 1. The van der Waals surface area contributed by atoms with E-state index in [0.29, 0.717) is 12.8 Å². The predicted molar refractivity (Wildman–Crippen MR) is 79.4 cm³/mol. The van der Waals surface area contributed by atoms with E-state index in [-0.39, 0.29) is 25.5 Å². The number of hydrogen-bond acceptors (Lipinski definition) is 6. The van der Waals surface area contributed by atoms with Crippen LogP contribution in [0.5, 0.6) is 0 Å². The zero-order valence-electron chi connectivity index (χ0n) is 13.7. The molecule has 1 saturated heterocycles. The maximum atomic E-state index is 12.3. The Labute approximate surface area is 135 Å². The van der Waals surface area contributed by atoms with E-state index in [2.05, 4.69) is 0 Å². The molecule has 1 rings (SSSR count). The zero-order valence-corrected chi connectivity index (χ0v) is 13.7. The maximum absolute atomic E-state index is 12.3. The second-order valence-electron chi connectivity index (χ2n) is 6.09. The molecule has 2 unspecified atom stereocenters. The monoisotopic (exact) mass is 331 g/mol. The molecule has 1 amide bonds. The summed E-state index contributed by atoms with van der Waals surface area (Å²) in [5.41, 5.74) is 0. The molecule has 3 N–H and O–H groups in total. The Morgan fingerprint density at radius 1 is 1.26 bits per heavy atom. The standard InChI is InChI=1S/C15H25NO7/c1-9(8-10(2)23-3)15(21,22)12(17)13(18)16-7-5-4-6-11(16)14(19)20/h9-11,21-22H,4-8H2,1-3H3,(H,19,20)/t9?,10?,11-/m0/s1. The van der Waals surface area contributed by atoms with Crippen LogP contribution in [0.3, 0.4) is 0 Å². The number of methoxy groups -OCH3 is 1. The van der Waals surface area contributed by atoms with Crippen LogP contribution in [0, 0.1) is 5.92 Å². The average Bonchev–Trinajstić information content (AvgIpc) is 2.52. The Bertz CT molecular complexity index is 463. The minimum absolute atomic E-state index is 0.112. The summed E-state index contributed by atoms with van der Waals surface area (Å²) in [5, 5.41) is 29.3. The van der Waals surface area contributed by atoms with Gasteiger partial charge in [-0.3, -0.25) is 9.59 Å². The number of likely N-dealkylation sites (tertiary alicyclic amines) is 1. The number of aliphatic carboxylic acids is 1. The topological polar surface area (TPSA) is 124 Å². The van der Waals surface area contributed by atoms with E-state index in [9.17, 15) is 24.6 Å². The lowest BCUT2D eigenvalue weighted by molar-refractivity contribution is -0.207. The van der Waals surface area contributed by atoms with Crippen molar-refractivity contribution in [2.75, 3.05) is 13.7 Å². The lowest BCUT2D eigenvalue weighted by Crippen LogP contribution is -2.57. The van der Waals surface area contributed by atoms with E-state index in [0.717, 1.165) is 4.90 Å². The molecule has 8 nitrogen and oxygen atoms in total. The number of carboxylic acid groups (broad SMARTS) is 1. The highest BCUT2D eigenvalue weighted by molar-refractivity contribution is 6.39. The van der Waals surface area contributed by atoms with Crippen molar-refractivity contribution in [1.29, 1.82) is 0 Å². The molecule has 0 aromatic carbocycles. The molecule has 0 aromatic heterocycles. The van der Waals surface area contributed by atoms with Crippen LogP contribution >= 0.6 is 0 Å². The molecule has 1 fully saturated rings. The van der Waals surface area contributed by atoms with Crippen LogP contribution in [0.15, 0.2) is 0 Å². The van der Waals surface area contributed by atoms with E-state index >= 15 is 0 Å². The molecule has 23 heavy (non-hydrogen) atoms. The van der Waals surface area contributed by atoms with Gasteiger partial charge in [0.2, 0.25) is 5.79 Å². The van der Waals surface area contributed by atoms with Crippen LogP contribution in [0.1, 0.15) is 39.5 Å². The molecule has 0 saturated carbocycles. The Balaban J connectivity index is 2.88. The van der Waals surface area contributed by atoms with Crippen LogP contribution in [0.2, 0.25) is 0 Å². The van der Waals surface area contributed by atoms with Crippen LogP contribution < -0.4 is 0 Å². The molecule has 0 radical (unpaired) electrons. The van der Waals surface area contributed by atoms with Crippen molar-refractivity contribution in [2.45, 2.75) is 57.5 Å². The molecule has 0 bridgehead atoms. The Hall–Kier alpha value is -1.51. The van der Waals surface area contributed by atoms with Crippen LogP contribution in [0.4, 0.5) is 0 Å². The summed E-state index contributed by atoms with van der Waals surface area (Å²) >= 11 is 0. The third-order valence-corrected chi connectivity index (χ3v) is 4.35. The molecular formula is C15H25NO7. The van der Waals surface area contributed by atoms with Crippen molar-refractivity contribution >= 4 is 17.7 Å². The number of aliphatic hydroxyl groups is 2. The second-order valence-corrected chi connectivity index (χ2v) is 6.09. The molecule has 0 spiro atoms. The normalized spacial score (nSPS) is 21.6. The highest BCUT2D eigenvalue weighted by Gasteiger charge is 2.47. The molecule has 1 aliphatic rings. The fourth-order valence-corrected chi connectivity index (χ4v) is 2.70. The molecule has 3 atom stereocenters. The molecule has 8 heteroatoms. The van der Waals surface area contributed by atoms with Gasteiger partial charge in [0.1, 0.15) is 6.04 Å². The lowest BCUT2D eigenvalue weighted by atomic mass is 9.90. The number of hydrogen-bond donors (Lipinski definition) is 3. The van der Waals surface area contributed by atoms with Gasteiger partial charge < -0.3 is 25.0 Å². The first-order valence-electron chi connectivity index (χ1n) is 7.68. The van der Waals surface area contributed by atoms with Crippen LogP contribution in [-0.4, -0.2) is 69.5 Å². The highest BCUT2D eigenvalue weighted by Crippen LogP contribution is 2.24. The minimum atomic E-state index is -2.86. The van der Waals surface area contributed by atoms with Gasteiger partial charge in [-0.25, -0.2) is 4.79 Å². The van der Waals surface area contributed by atoms with Gasteiger partial charge in [-0.1, -0.05) is 6.92 Å².